The molecule has 25 heavy (non-hydrogen) atoms. The topological polar surface area (TPSA) is 73.0 Å². The van der Waals surface area contributed by atoms with Crippen molar-refractivity contribution in [2.24, 2.45) is 0 Å². The minimum atomic E-state index is -0.433. The lowest BCUT2D eigenvalue weighted by atomic mass is 10.1. The number of non-ortho nitro benzene ring substituents is 1. The van der Waals surface area contributed by atoms with Crippen LogP contribution < -0.4 is 5.32 Å². The van der Waals surface area contributed by atoms with Gasteiger partial charge in [-0.15, -0.1) is 0 Å². The van der Waals surface area contributed by atoms with Crippen LogP contribution in [-0.4, -0.2) is 21.2 Å². The van der Waals surface area contributed by atoms with E-state index < -0.39 is 4.92 Å². The number of nitrogens with zero attached hydrogens (tertiary/aromatic N) is 3. The van der Waals surface area contributed by atoms with Crippen LogP contribution in [0.5, 0.6) is 0 Å². The van der Waals surface area contributed by atoms with E-state index in [1.165, 1.54) is 18.2 Å². The number of rotatable bonds is 3. The first-order valence-corrected chi connectivity index (χ1v) is 7.92. The molecule has 1 N–H and O–H groups in total. The fourth-order valence-electron chi connectivity index (χ4n) is 3.16. The van der Waals surface area contributed by atoms with E-state index in [4.69, 9.17) is 0 Å². The van der Waals surface area contributed by atoms with E-state index in [1.54, 1.807) is 28.9 Å². The number of halogens is 1. The minimum Gasteiger partial charge on any atom is -0.369 e. The molecule has 2 aromatic carbocycles. The van der Waals surface area contributed by atoms with Gasteiger partial charge in [0.1, 0.15) is 17.3 Å². The van der Waals surface area contributed by atoms with Gasteiger partial charge < -0.3 is 5.32 Å². The second-order valence-electron chi connectivity index (χ2n) is 5.97. The van der Waals surface area contributed by atoms with Crippen molar-refractivity contribution in [2.75, 3.05) is 11.9 Å². The van der Waals surface area contributed by atoms with Crippen LogP contribution in [0.3, 0.4) is 0 Å². The molecule has 0 atom stereocenters. The van der Waals surface area contributed by atoms with E-state index in [0.717, 1.165) is 29.9 Å². The number of benzene rings is 2. The van der Waals surface area contributed by atoms with Crippen molar-refractivity contribution in [3.05, 3.63) is 69.5 Å². The number of hydrogen-bond acceptors (Lipinski definition) is 4. The number of nitrogens with one attached hydrogen (secondary N) is 1. The summed E-state index contributed by atoms with van der Waals surface area (Å²) in [7, 11) is 0. The zero-order valence-corrected chi connectivity index (χ0v) is 13.5. The molecule has 0 bridgehead atoms. The molecule has 2 heterocycles. The van der Waals surface area contributed by atoms with Crippen molar-refractivity contribution in [3.8, 4) is 16.9 Å². The molecular weight excluding hydrogens is 323 g/mol. The first-order chi connectivity index (χ1) is 12.1. The molecule has 0 radical (unpaired) electrons. The fourth-order valence-corrected chi connectivity index (χ4v) is 3.16. The molecule has 1 aromatic heterocycles. The van der Waals surface area contributed by atoms with Crippen LogP contribution in [0.2, 0.25) is 0 Å². The number of aryl methyl sites for hydroxylation is 1. The number of hydrogen-bond donors (Lipinski definition) is 1. The maximum Gasteiger partial charge on any atom is 0.271 e. The van der Waals surface area contributed by atoms with Crippen LogP contribution in [0.15, 0.2) is 42.5 Å². The molecule has 4 rings (SSSR count). The lowest BCUT2D eigenvalue weighted by molar-refractivity contribution is -0.384. The maximum atomic E-state index is 14.2. The van der Waals surface area contributed by atoms with Crippen molar-refractivity contribution in [2.45, 2.75) is 13.3 Å². The number of nitro groups is 1. The van der Waals surface area contributed by atoms with Crippen LogP contribution >= 0.6 is 0 Å². The summed E-state index contributed by atoms with van der Waals surface area (Å²) in [5, 5.41) is 19.0. The molecule has 0 amide bonds. The highest BCUT2D eigenvalue weighted by Gasteiger charge is 2.26. The Morgan fingerprint density at radius 1 is 1.28 bits per heavy atom. The summed E-state index contributed by atoms with van der Waals surface area (Å²) < 4.78 is 15.9. The Kier molecular flexibility index (Phi) is 3.49. The summed E-state index contributed by atoms with van der Waals surface area (Å²) >= 11 is 0. The van der Waals surface area contributed by atoms with E-state index in [2.05, 4.69) is 10.4 Å². The lowest BCUT2D eigenvalue weighted by Gasteiger charge is -2.09. The minimum absolute atomic E-state index is 0.00436. The third-order valence-corrected chi connectivity index (χ3v) is 4.41. The smallest absolute Gasteiger partial charge is 0.271 e. The Labute approximate surface area is 143 Å². The van der Waals surface area contributed by atoms with E-state index in [1.807, 2.05) is 6.92 Å². The second kappa shape index (κ2) is 5.70. The molecule has 0 fully saturated rings. The molecule has 7 heteroatoms. The summed E-state index contributed by atoms with van der Waals surface area (Å²) in [5.41, 5.74) is 3.40. The van der Waals surface area contributed by atoms with Gasteiger partial charge in [0.05, 0.1) is 10.6 Å². The zero-order chi connectivity index (χ0) is 17.6. The normalized spacial score (nSPS) is 12.7. The van der Waals surface area contributed by atoms with Crippen LogP contribution in [0.25, 0.3) is 16.9 Å². The summed E-state index contributed by atoms with van der Waals surface area (Å²) in [6.07, 6.45) is 0.729. The molecule has 1 aliphatic heterocycles. The van der Waals surface area contributed by atoms with E-state index in [-0.39, 0.29) is 11.5 Å². The van der Waals surface area contributed by atoms with Crippen LogP contribution in [-0.2, 0) is 6.42 Å². The van der Waals surface area contributed by atoms with Gasteiger partial charge in [0.2, 0.25) is 0 Å². The van der Waals surface area contributed by atoms with Crippen LogP contribution in [0.4, 0.5) is 15.9 Å². The van der Waals surface area contributed by atoms with Crippen molar-refractivity contribution in [1.29, 1.82) is 0 Å². The van der Waals surface area contributed by atoms with Gasteiger partial charge in [-0.05, 0) is 31.0 Å². The third-order valence-electron chi connectivity index (χ3n) is 4.41. The first kappa shape index (κ1) is 15.3. The Bertz CT molecular complexity index is 997. The highest BCUT2D eigenvalue weighted by atomic mass is 19.1. The van der Waals surface area contributed by atoms with Gasteiger partial charge >= 0.3 is 0 Å². The Balaban J connectivity index is 1.94. The standard InChI is InChI=1S/C18H15FN4O2/c1-11-6-7-12(23(24)25)10-16(11)22-18-14(8-9-20-18)17(21-22)13-4-2-3-5-15(13)19/h2-7,10,20H,8-9H2,1H3. The van der Waals surface area contributed by atoms with E-state index in [9.17, 15) is 14.5 Å². The quantitative estimate of drug-likeness (QED) is 0.581. The van der Waals surface area contributed by atoms with Gasteiger partial charge in [0, 0.05) is 29.8 Å². The van der Waals surface area contributed by atoms with Crippen LogP contribution in [0.1, 0.15) is 11.1 Å². The molecule has 0 spiro atoms. The Morgan fingerprint density at radius 3 is 2.84 bits per heavy atom. The van der Waals surface area contributed by atoms with Gasteiger partial charge in [-0.1, -0.05) is 18.2 Å². The summed E-state index contributed by atoms with van der Waals surface area (Å²) in [5.74, 6) is 0.430. The molecule has 3 aromatic rings. The third kappa shape index (κ3) is 2.44. The van der Waals surface area contributed by atoms with Gasteiger partial charge in [-0.2, -0.15) is 5.10 Å². The summed E-state index contributed by atoms with van der Waals surface area (Å²) in [6.45, 7) is 2.59. The molecule has 126 valence electrons. The average Bonchev–Trinajstić information content (AvgIpc) is 3.18. The van der Waals surface area contributed by atoms with Crippen molar-refractivity contribution < 1.29 is 9.31 Å². The largest absolute Gasteiger partial charge is 0.369 e. The molecule has 1 aliphatic rings. The average molecular weight is 338 g/mol. The highest BCUT2D eigenvalue weighted by Crippen LogP contribution is 2.36. The fraction of sp³-hybridized carbons (Fsp3) is 0.167. The van der Waals surface area contributed by atoms with Gasteiger partial charge in [0.15, 0.2) is 0 Å². The predicted octanol–water partition coefficient (Wildman–Crippen LogP) is 3.86. The molecule has 0 saturated carbocycles. The molecule has 0 unspecified atom stereocenters. The number of aromatic nitrogens is 2. The number of nitro benzene ring substituents is 1. The molecule has 0 aliphatic carbocycles. The SMILES string of the molecule is Cc1ccc([N+](=O)[O-])cc1-n1nc(-c2ccccc2F)c2c1NCC2. The van der Waals surface area contributed by atoms with Crippen molar-refractivity contribution in [1.82, 2.24) is 9.78 Å². The Hall–Kier alpha value is -3.22. The zero-order valence-electron chi connectivity index (χ0n) is 13.5. The summed E-state index contributed by atoms with van der Waals surface area (Å²) in [6, 6.07) is 11.2. The second-order valence-corrected chi connectivity index (χ2v) is 5.97. The molecule has 6 nitrogen and oxygen atoms in total. The van der Waals surface area contributed by atoms with E-state index >= 15 is 0 Å². The highest BCUT2D eigenvalue weighted by molar-refractivity contribution is 5.73. The van der Waals surface area contributed by atoms with Gasteiger partial charge in [0.25, 0.3) is 5.69 Å². The maximum absolute atomic E-state index is 14.2. The van der Waals surface area contributed by atoms with Crippen molar-refractivity contribution in [3.63, 3.8) is 0 Å². The van der Waals surface area contributed by atoms with Crippen molar-refractivity contribution >= 4 is 11.5 Å². The lowest BCUT2D eigenvalue weighted by Crippen LogP contribution is -2.06. The van der Waals surface area contributed by atoms with E-state index in [0.29, 0.717) is 16.9 Å². The predicted molar refractivity (Wildman–Crippen MR) is 92.5 cm³/mol. The van der Waals surface area contributed by atoms with Gasteiger partial charge in [-0.3, -0.25) is 10.1 Å². The van der Waals surface area contributed by atoms with Crippen LogP contribution in [0, 0.1) is 22.9 Å². The molecule has 0 saturated heterocycles. The van der Waals surface area contributed by atoms with Gasteiger partial charge in [-0.25, -0.2) is 9.07 Å². The first-order valence-electron chi connectivity index (χ1n) is 7.92. The number of anilines is 1. The Morgan fingerprint density at radius 2 is 2.08 bits per heavy atom. The summed E-state index contributed by atoms with van der Waals surface area (Å²) in [4.78, 5) is 10.7. The molecular formula is C18H15FN4O2. The monoisotopic (exact) mass is 338 g/mol. The number of fused-ring (bicyclic) bond motifs is 1.